The molecule has 0 bridgehead atoms. The summed E-state index contributed by atoms with van der Waals surface area (Å²) in [5, 5.41) is 7.78. The van der Waals surface area contributed by atoms with Gasteiger partial charge < -0.3 is 9.84 Å². The van der Waals surface area contributed by atoms with Crippen LogP contribution in [0.15, 0.2) is 53.3 Å². The van der Waals surface area contributed by atoms with Gasteiger partial charge in [0.25, 0.3) is 0 Å². The molecule has 6 nitrogen and oxygen atoms in total. The first-order valence-electron chi connectivity index (χ1n) is 9.79. The predicted octanol–water partition coefficient (Wildman–Crippen LogP) is 5.01. The van der Waals surface area contributed by atoms with Crippen LogP contribution in [0.25, 0.3) is 11.4 Å². The van der Waals surface area contributed by atoms with Crippen molar-refractivity contribution in [2.45, 2.75) is 45.6 Å². The smallest absolute Gasteiger partial charge is 0.227 e. The Bertz CT molecular complexity index is 910. The monoisotopic (exact) mass is 412 g/mol. The van der Waals surface area contributed by atoms with Gasteiger partial charge in [0.15, 0.2) is 0 Å². The average Bonchev–Trinajstić information content (AvgIpc) is 3.20. The quantitative estimate of drug-likeness (QED) is 0.534. The Balaban J connectivity index is 1.58. The van der Waals surface area contributed by atoms with Crippen molar-refractivity contribution in [2.75, 3.05) is 0 Å². The van der Waals surface area contributed by atoms with Crippen LogP contribution in [0.3, 0.4) is 0 Å². The van der Waals surface area contributed by atoms with E-state index in [0.29, 0.717) is 29.1 Å². The topological polar surface area (TPSA) is 80.9 Å². The number of aryl methyl sites for hydroxylation is 1. The molecular formula is C22H25ClN4O2. The van der Waals surface area contributed by atoms with Gasteiger partial charge in [-0.25, -0.2) is 0 Å². The molecule has 1 unspecified atom stereocenters. The molecule has 0 aliphatic heterocycles. The highest BCUT2D eigenvalue weighted by Gasteiger charge is 2.17. The summed E-state index contributed by atoms with van der Waals surface area (Å²) >= 11 is 6.00. The van der Waals surface area contributed by atoms with Crippen LogP contribution in [0, 0.1) is 5.92 Å². The minimum absolute atomic E-state index is 0.0456. The molecule has 1 N–H and O–H groups in total. The molecular weight excluding hydrogens is 388 g/mol. The molecule has 0 saturated heterocycles. The number of aromatic nitrogens is 3. The van der Waals surface area contributed by atoms with Crippen LogP contribution in [0.1, 0.15) is 50.6 Å². The third-order valence-corrected chi connectivity index (χ3v) is 4.85. The third kappa shape index (κ3) is 6.39. The van der Waals surface area contributed by atoms with Gasteiger partial charge in [0.2, 0.25) is 17.6 Å². The Hall–Kier alpha value is -2.73. The van der Waals surface area contributed by atoms with Gasteiger partial charge in [-0.15, -0.1) is 0 Å². The zero-order valence-corrected chi connectivity index (χ0v) is 17.4. The predicted molar refractivity (Wildman–Crippen MR) is 112 cm³/mol. The highest BCUT2D eigenvalue weighted by molar-refractivity contribution is 6.30. The number of halogens is 1. The van der Waals surface area contributed by atoms with Crippen molar-refractivity contribution in [3.8, 4) is 11.4 Å². The fraction of sp³-hybridized carbons (Fsp3) is 0.364. The zero-order valence-electron chi connectivity index (χ0n) is 16.6. The first-order chi connectivity index (χ1) is 14.0. The van der Waals surface area contributed by atoms with Crippen LogP contribution >= 0.6 is 11.6 Å². The van der Waals surface area contributed by atoms with Crippen molar-refractivity contribution in [3.63, 3.8) is 0 Å². The number of hydrogen-bond acceptors (Lipinski definition) is 5. The Morgan fingerprint density at radius 1 is 1.17 bits per heavy atom. The molecule has 1 amide bonds. The number of amides is 1. The van der Waals surface area contributed by atoms with Gasteiger partial charge in [0, 0.05) is 35.8 Å². The lowest BCUT2D eigenvalue weighted by Gasteiger charge is -2.20. The molecule has 0 radical (unpaired) electrons. The number of pyridine rings is 1. The minimum atomic E-state index is -0.0465. The summed E-state index contributed by atoms with van der Waals surface area (Å²) in [4.78, 5) is 20.9. The summed E-state index contributed by atoms with van der Waals surface area (Å²) in [6.45, 7) is 4.35. The van der Waals surface area contributed by atoms with Gasteiger partial charge >= 0.3 is 0 Å². The Morgan fingerprint density at radius 3 is 2.66 bits per heavy atom. The van der Waals surface area contributed by atoms with E-state index in [-0.39, 0.29) is 18.4 Å². The second-order valence-corrected chi connectivity index (χ2v) is 7.83. The summed E-state index contributed by atoms with van der Waals surface area (Å²) in [7, 11) is 0. The first-order valence-corrected chi connectivity index (χ1v) is 10.2. The first kappa shape index (κ1) is 21.0. The van der Waals surface area contributed by atoms with Crippen molar-refractivity contribution in [2.24, 2.45) is 5.92 Å². The molecule has 1 atom stereocenters. The van der Waals surface area contributed by atoms with Gasteiger partial charge in [-0.2, -0.15) is 4.98 Å². The van der Waals surface area contributed by atoms with Crippen molar-refractivity contribution >= 4 is 17.5 Å². The highest BCUT2D eigenvalue weighted by Crippen LogP contribution is 2.23. The average molecular weight is 413 g/mol. The molecule has 3 aromatic rings. The fourth-order valence-corrected chi connectivity index (χ4v) is 3.10. The second kappa shape index (κ2) is 10.2. The van der Waals surface area contributed by atoms with E-state index in [1.807, 2.05) is 36.4 Å². The Kier molecular flexibility index (Phi) is 7.36. The maximum atomic E-state index is 12.6. The number of carbonyl (C=O) groups is 1. The van der Waals surface area contributed by atoms with E-state index in [1.165, 1.54) is 0 Å². The fourth-order valence-electron chi connectivity index (χ4n) is 2.97. The van der Waals surface area contributed by atoms with Gasteiger partial charge in [-0.3, -0.25) is 9.78 Å². The molecule has 1 aromatic carbocycles. The summed E-state index contributed by atoms with van der Waals surface area (Å²) in [6, 6.07) is 11.3. The SMILES string of the molecule is CC(C)CCC(NC(=O)CCc1nc(-c2cccnc2)no1)c1ccc(Cl)cc1. The van der Waals surface area contributed by atoms with Gasteiger partial charge in [0.1, 0.15) is 0 Å². The number of rotatable bonds is 9. The van der Waals surface area contributed by atoms with Gasteiger partial charge in [-0.1, -0.05) is 42.7 Å². The van der Waals surface area contributed by atoms with E-state index >= 15 is 0 Å². The van der Waals surface area contributed by atoms with Crippen LogP contribution in [0.5, 0.6) is 0 Å². The second-order valence-electron chi connectivity index (χ2n) is 7.40. The molecule has 2 heterocycles. The molecule has 29 heavy (non-hydrogen) atoms. The van der Waals surface area contributed by atoms with E-state index in [4.69, 9.17) is 16.1 Å². The Labute approximate surface area is 175 Å². The van der Waals surface area contributed by atoms with E-state index in [1.54, 1.807) is 12.4 Å². The summed E-state index contributed by atoms with van der Waals surface area (Å²) in [5.41, 5.74) is 1.84. The van der Waals surface area contributed by atoms with Crippen molar-refractivity contribution in [3.05, 3.63) is 65.3 Å². The maximum Gasteiger partial charge on any atom is 0.227 e. The molecule has 0 aliphatic rings. The molecule has 0 fully saturated rings. The van der Waals surface area contributed by atoms with Crippen LogP contribution in [-0.4, -0.2) is 21.0 Å². The number of nitrogens with zero attached hydrogens (tertiary/aromatic N) is 3. The number of hydrogen-bond donors (Lipinski definition) is 1. The zero-order chi connectivity index (χ0) is 20.6. The molecule has 2 aromatic heterocycles. The normalized spacial score (nSPS) is 12.1. The summed E-state index contributed by atoms with van der Waals surface area (Å²) in [5.74, 6) is 1.43. The van der Waals surface area contributed by atoms with E-state index < -0.39 is 0 Å². The molecule has 152 valence electrons. The minimum Gasteiger partial charge on any atom is -0.349 e. The number of carbonyl (C=O) groups excluding carboxylic acids is 1. The molecule has 0 saturated carbocycles. The van der Waals surface area contributed by atoms with E-state index in [2.05, 4.69) is 34.3 Å². The van der Waals surface area contributed by atoms with Crippen molar-refractivity contribution in [1.29, 1.82) is 0 Å². The van der Waals surface area contributed by atoms with Gasteiger partial charge in [-0.05, 0) is 48.6 Å². The lowest BCUT2D eigenvalue weighted by Crippen LogP contribution is -2.29. The van der Waals surface area contributed by atoms with Crippen LogP contribution in [-0.2, 0) is 11.2 Å². The van der Waals surface area contributed by atoms with E-state index in [9.17, 15) is 4.79 Å². The Morgan fingerprint density at radius 2 is 1.97 bits per heavy atom. The largest absolute Gasteiger partial charge is 0.349 e. The molecule has 0 spiro atoms. The van der Waals surface area contributed by atoms with Crippen LogP contribution in [0.2, 0.25) is 5.02 Å². The third-order valence-electron chi connectivity index (χ3n) is 4.59. The number of nitrogens with one attached hydrogen (secondary N) is 1. The van der Waals surface area contributed by atoms with Crippen molar-refractivity contribution in [1.82, 2.24) is 20.4 Å². The molecule has 3 rings (SSSR count). The summed E-state index contributed by atoms with van der Waals surface area (Å²) < 4.78 is 5.27. The van der Waals surface area contributed by atoms with Crippen LogP contribution in [0.4, 0.5) is 0 Å². The standard InChI is InChI=1S/C22H25ClN4O2/c1-15(2)5-10-19(16-6-8-18(23)9-7-16)25-20(28)11-12-21-26-22(27-29-21)17-4-3-13-24-14-17/h3-4,6-9,13-15,19H,5,10-12H2,1-2H3,(H,25,28). The lowest BCUT2D eigenvalue weighted by atomic mass is 9.97. The number of benzene rings is 1. The molecule has 0 aliphatic carbocycles. The summed E-state index contributed by atoms with van der Waals surface area (Å²) in [6.07, 6.45) is 5.91. The van der Waals surface area contributed by atoms with Crippen molar-refractivity contribution < 1.29 is 9.32 Å². The lowest BCUT2D eigenvalue weighted by molar-refractivity contribution is -0.122. The highest BCUT2D eigenvalue weighted by atomic mass is 35.5. The van der Waals surface area contributed by atoms with Crippen LogP contribution < -0.4 is 5.32 Å². The molecule has 7 heteroatoms. The van der Waals surface area contributed by atoms with Gasteiger partial charge in [0.05, 0.1) is 6.04 Å². The van der Waals surface area contributed by atoms with E-state index in [0.717, 1.165) is 24.0 Å². The maximum absolute atomic E-state index is 12.6.